The third-order valence-electron chi connectivity index (χ3n) is 0.633. The van der Waals surface area contributed by atoms with Crippen molar-refractivity contribution in [3.63, 3.8) is 0 Å². The van der Waals surface area contributed by atoms with Gasteiger partial charge in [0.1, 0.15) is 0 Å². The van der Waals surface area contributed by atoms with Crippen molar-refractivity contribution < 1.29 is 0 Å². The van der Waals surface area contributed by atoms with E-state index in [4.69, 9.17) is 11.6 Å². The Morgan fingerprint density at radius 1 is 1.75 bits per heavy atom. The van der Waals surface area contributed by atoms with Gasteiger partial charge in [-0.3, -0.25) is 4.79 Å². The summed E-state index contributed by atoms with van der Waals surface area (Å²) in [4.78, 5) is 11.4. The molecule has 0 aliphatic rings. The minimum atomic E-state index is 0.126. The SMILES string of the molecule is O=c1scc(CCl)s1. The molecule has 0 aromatic carbocycles. The van der Waals surface area contributed by atoms with Crippen LogP contribution in [0.25, 0.3) is 0 Å². The van der Waals surface area contributed by atoms with Crippen LogP contribution in [0.1, 0.15) is 4.88 Å². The van der Waals surface area contributed by atoms with E-state index < -0.39 is 0 Å². The Labute approximate surface area is 59.6 Å². The van der Waals surface area contributed by atoms with Crippen LogP contribution >= 0.6 is 34.3 Å². The van der Waals surface area contributed by atoms with E-state index >= 15 is 0 Å². The van der Waals surface area contributed by atoms with Gasteiger partial charge in [-0.1, -0.05) is 22.7 Å². The Bertz CT molecular complexity index is 214. The summed E-state index contributed by atoms with van der Waals surface area (Å²) in [7, 11) is 0. The fraction of sp³-hybridized carbons (Fsp3) is 0.250. The molecule has 0 saturated carbocycles. The van der Waals surface area contributed by atoms with Gasteiger partial charge in [0, 0.05) is 10.3 Å². The van der Waals surface area contributed by atoms with Crippen LogP contribution in [0.15, 0.2) is 10.2 Å². The highest BCUT2D eigenvalue weighted by molar-refractivity contribution is 7.26. The predicted molar refractivity (Wildman–Crippen MR) is 38.0 cm³/mol. The van der Waals surface area contributed by atoms with Crippen molar-refractivity contribution in [3.8, 4) is 0 Å². The lowest BCUT2D eigenvalue weighted by Gasteiger charge is -1.74. The highest BCUT2D eigenvalue weighted by Crippen LogP contribution is 2.08. The van der Waals surface area contributed by atoms with E-state index in [9.17, 15) is 4.79 Å². The van der Waals surface area contributed by atoms with E-state index in [1.165, 1.54) is 22.7 Å². The molecule has 1 aromatic rings. The predicted octanol–water partition coefficient (Wildman–Crippen LogP) is 1.91. The second-order valence-electron chi connectivity index (χ2n) is 1.19. The Balaban J connectivity index is 3.01. The van der Waals surface area contributed by atoms with Crippen molar-refractivity contribution in [2.45, 2.75) is 5.88 Å². The van der Waals surface area contributed by atoms with Gasteiger partial charge in [-0.2, -0.15) is 0 Å². The van der Waals surface area contributed by atoms with E-state index in [1.54, 1.807) is 5.38 Å². The number of rotatable bonds is 1. The highest BCUT2D eigenvalue weighted by Gasteiger charge is 1.92. The largest absolute Gasteiger partial charge is 0.287 e. The van der Waals surface area contributed by atoms with Crippen LogP contribution in [-0.2, 0) is 5.88 Å². The molecule has 1 rings (SSSR count). The second-order valence-corrected chi connectivity index (χ2v) is 3.65. The van der Waals surface area contributed by atoms with Gasteiger partial charge in [-0.15, -0.1) is 11.6 Å². The summed E-state index contributed by atoms with van der Waals surface area (Å²) in [6.45, 7) is 0. The van der Waals surface area contributed by atoms with Gasteiger partial charge < -0.3 is 0 Å². The molecule has 0 fully saturated rings. The van der Waals surface area contributed by atoms with Gasteiger partial charge in [0.25, 0.3) is 4.06 Å². The van der Waals surface area contributed by atoms with Crippen molar-refractivity contribution in [1.82, 2.24) is 0 Å². The molecule has 44 valence electrons. The van der Waals surface area contributed by atoms with Gasteiger partial charge in [-0.25, -0.2) is 0 Å². The van der Waals surface area contributed by atoms with Crippen LogP contribution in [-0.4, -0.2) is 0 Å². The van der Waals surface area contributed by atoms with Gasteiger partial charge in [0.05, 0.1) is 5.88 Å². The van der Waals surface area contributed by atoms with Crippen LogP contribution in [0.3, 0.4) is 0 Å². The molecule has 0 amide bonds. The number of hydrogen-bond donors (Lipinski definition) is 0. The highest BCUT2D eigenvalue weighted by atomic mass is 35.5. The fourth-order valence-corrected chi connectivity index (χ4v) is 2.23. The lowest BCUT2D eigenvalue weighted by Crippen LogP contribution is -1.74. The first kappa shape index (κ1) is 6.26. The smallest absolute Gasteiger partial charge is 0.265 e. The summed E-state index contributed by atoms with van der Waals surface area (Å²) in [5, 5.41) is 1.79. The summed E-state index contributed by atoms with van der Waals surface area (Å²) in [5.74, 6) is 0.462. The minimum Gasteiger partial charge on any atom is -0.265 e. The standard InChI is InChI=1S/C4H3ClOS2/c5-1-3-2-7-4(6)8-3/h2H,1H2. The Morgan fingerprint density at radius 3 is 2.75 bits per heavy atom. The zero-order valence-corrected chi connectivity index (χ0v) is 6.28. The topological polar surface area (TPSA) is 17.1 Å². The summed E-state index contributed by atoms with van der Waals surface area (Å²) >= 11 is 7.84. The molecular weight excluding hydrogens is 164 g/mol. The maximum absolute atomic E-state index is 10.4. The molecule has 0 aliphatic heterocycles. The third kappa shape index (κ3) is 1.31. The first-order chi connectivity index (χ1) is 3.83. The molecule has 0 atom stereocenters. The lowest BCUT2D eigenvalue weighted by atomic mass is 10.7. The van der Waals surface area contributed by atoms with Crippen LogP contribution in [0, 0.1) is 0 Å². The van der Waals surface area contributed by atoms with Gasteiger partial charge in [0.15, 0.2) is 0 Å². The molecule has 8 heavy (non-hydrogen) atoms. The molecule has 0 N–H and O–H groups in total. The normalized spacial score (nSPS) is 9.62. The molecule has 0 radical (unpaired) electrons. The Morgan fingerprint density at radius 2 is 2.50 bits per heavy atom. The van der Waals surface area contributed by atoms with E-state index in [0.29, 0.717) is 5.88 Å². The van der Waals surface area contributed by atoms with E-state index in [1.807, 2.05) is 0 Å². The molecule has 0 spiro atoms. The van der Waals surface area contributed by atoms with Gasteiger partial charge in [0.2, 0.25) is 0 Å². The average Bonchev–Trinajstić information content (AvgIpc) is 2.14. The summed E-state index contributed by atoms with van der Waals surface area (Å²) in [5.41, 5.74) is 0. The van der Waals surface area contributed by atoms with Crippen molar-refractivity contribution >= 4 is 34.3 Å². The number of halogens is 1. The van der Waals surface area contributed by atoms with E-state index in [-0.39, 0.29) is 4.06 Å². The maximum atomic E-state index is 10.4. The average molecular weight is 167 g/mol. The second kappa shape index (κ2) is 2.62. The summed E-state index contributed by atoms with van der Waals surface area (Å²) < 4.78 is 0.126. The summed E-state index contributed by atoms with van der Waals surface area (Å²) in [6, 6.07) is 0. The number of hydrogen-bond acceptors (Lipinski definition) is 3. The lowest BCUT2D eigenvalue weighted by molar-refractivity contribution is 1.55. The monoisotopic (exact) mass is 166 g/mol. The first-order valence-corrected chi connectivity index (χ1v) is 4.19. The molecular formula is C4H3ClOS2. The van der Waals surface area contributed by atoms with Crippen LogP contribution in [0.2, 0.25) is 0 Å². The Hall–Kier alpha value is 0.140. The molecule has 1 aromatic heterocycles. The molecule has 0 aliphatic carbocycles. The Kier molecular flexibility index (Phi) is 2.05. The molecule has 0 bridgehead atoms. The molecule has 1 heterocycles. The zero-order chi connectivity index (χ0) is 5.98. The maximum Gasteiger partial charge on any atom is 0.287 e. The fourth-order valence-electron chi connectivity index (χ4n) is 0.328. The van der Waals surface area contributed by atoms with Crippen LogP contribution in [0.4, 0.5) is 0 Å². The van der Waals surface area contributed by atoms with Crippen molar-refractivity contribution in [3.05, 3.63) is 19.1 Å². The van der Waals surface area contributed by atoms with Gasteiger partial charge >= 0.3 is 0 Å². The summed E-state index contributed by atoms with van der Waals surface area (Å²) in [6.07, 6.45) is 0. The van der Waals surface area contributed by atoms with Crippen LogP contribution in [0.5, 0.6) is 0 Å². The van der Waals surface area contributed by atoms with E-state index in [2.05, 4.69) is 0 Å². The first-order valence-electron chi connectivity index (χ1n) is 1.96. The van der Waals surface area contributed by atoms with Gasteiger partial charge in [-0.05, 0) is 0 Å². The van der Waals surface area contributed by atoms with Crippen molar-refractivity contribution in [2.24, 2.45) is 0 Å². The molecule has 0 unspecified atom stereocenters. The third-order valence-corrected chi connectivity index (χ3v) is 3.05. The van der Waals surface area contributed by atoms with Crippen LogP contribution < -0.4 is 4.06 Å². The minimum absolute atomic E-state index is 0.126. The van der Waals surface area contributed by atoms with Crippen molar-refractivity contribution in [2.75, 3.05) is 0 Å². The molecule has 0 saturated heterocycles. The zero-order valence-electron chi connectivity index (χ0n) is 3.89. The van der Waals surface area contributed by atoms with Crippen molar-refractivity contribution in [1.29, 1.82) is 0 Å². The van der Waals surface area contributed by atoms with E-state index in [0.717, 1.165) is 4.88 Å². The molecule has 4 heteroatoms. The quantitative estimate of drug-likeness (QED) is 0.583. The number of alkyl halides is 1. The molecule has 1 nitrogen and oxygen atoms in total.